The van der Waals surface area contributed by atoms with Crippen molar-refractivity contribution in [3.05, 3.63) is 58.9 Å². The fourth-order valence-corrected chi connectivity index (χ4v) is 3.40. The van der Waals surface area contributed by atoms with Gasteiger partial charge in [0.2, 0.25) is 0 Å². The lowest BCUT2D eigenvalue weighted by Crippen LogP contribution is -2.53. The molecule has 138 valence electrons. The summed E-state index contributed by atoms with van der Waals surface area (Å²) in [7, 11) is 1.59. The van der Waals surface area contributed by atoms with Gasteiger partial charge in [0, 0.05) is 32.0 Å². The minimum Gasteiger partial charge on any atom is -0.495 e. The van der Waals surface area contributed by atoms with Crippen molar-refractivity contribution in [2.45, 2.75) is 25.1 Å². The summed E-state index contributed by atoms with van der Waals surface area (Å²) in [5.41, 5.74) is 1.55. The number of aliphatic hydroxyl groups is 1. The summed E-state index contributed by atoms with van der Waals surface area (Å²) >= 11 is 6.17. The van der Waals surface area contributed by atoms with E-state index in [4.69, 9.17) is 16.3 Å². The predicted octanol–water partition coefficient (Wildman–Crippen LogP) is 2.11. The van der Waals surface area contributed by atoms with E-state index in [1.165, 1.54) is 6.20 Å². The number of halogens is 1. The molecule has 7 heteroatoms. The van der Waals surface area contributed by atoms with Crippen LogP contribution in [0.25, 0.3) is 0 Å². The molecule has 0 aliphatic carbocycles. The SMILES string of the molecule is COc1ccc(CN2CC[C@@H](NC(=O)c3cccnc3)[C@H](O)C2)cc1Cl. The first-order valence-corrected chi connectivity index (χ1v) is 8.88. The number of ether oxygens (including phenoxy) is 1. The van der Waals surface area contributed by atoms with Crippen molar-refractivity contribution in [1.29, 1.82) is 0 Å². The maximum atomic E-state index is 12.2. The zero-order valence-electron chi connectivity index (χ0n) is 14.6. The molecule has 0 bridgehead atoms. The van der Waals surface area contributed by atoms with Gasteiger partial charge in [0.15, 0.2) is 0 Å². The highest BCUT2D eigenvalue weighted by Gasteiger charge is 2.29. The van der Waals surface area contributed by atoms with Crippen LogP contribution in [0.5, 0.6) is 5.75 Å². The van der Waals surface area contributed by atoms with Crippen LogP contribution in [0.4, 0.5) is 0 Å². The second-order valence-corrected chi connectivity index (χ2v) is 6.79. The molecule has 2 atom stereocenters. The first-order valence-electron chi connectivity index (χ1n) is 8.50. The molecule has 3 rings (SSSR count). The van der Waals surface area contributed by atoms with E-state index in [0.29, 0.717) is 35.8 Å². The number of nitrogens with one attached hydrogen (secondary N) is 1. The number of carbonyl (C=O) groups excluding carboxylic acids is 1. The summed E-state index contributed by atoms with van der Waals surface area (Å²) in [4.78, 5) is 18.3. The molecule has 1 amide bonds. The number of piperidine rings is 1. The normalized spacial score (nSPS) is 20.6. The van der Waals surface area contributed by atoms with Crippen molar-refractivity contribution in [2.24, 2.45) is 0 Å². The molecule has 1 aromatic heterocycles. The highest BCUT2D eigenvalue weighted by Crippen LogP contribution is 2.26. The van der Waals surface area contributed by atoms with Crippen molar-refractivity contribution >= 4 is 17.5 Å². The Morgan fingerprint density at radius 1 is 1.46 bits per heavy atom. The Morgan fingerprint density at radius 3 is 2.96 bits per heavy atom. The topological polar surface area (TPSA) is 74.7 Å². The Morgan fingerprint density at radius 2 is 2.31 bits per heavy atom. The van der Waals surface area contributed by atoms with Crippen LogP contribution in [0.1, 0.15) is 22.3 Å². The van der Waals surface area contributed by atoms with Gasteiger partial charge < -0.3 is 15.2 Å². The molecule has 0 radical (unpaired) electrons. The summed E-state index contributed by atoms with van der Waals surface area (Å²) in [5.74, 6) is 0.435. The summed E-state index contributed by atoms with van der Waals surface area (Å²) in [6.07, 6.45) is 3.19. The number of hydrogen-bond acceptors (Lipinski definition) is 5. The van der Waals surface area contributed by atoms with Crippen LogP contribution in [0, 0.1) is 0 Å². The molecule has 26 heavy (non-hydrogen) atoms. The summed E-state index contributed by atoms with van der Waals surface area (Å²) < 4.78 is 5.16. The van der Waals surface area contributed by atoms with Gasteiger partial charge in [-0.25, -0.2) is 0 Å². The van der Waals surface area contributed by atoms with Gasteiger partial charge in [-0.2, -0.15) is 0 Å². The van der Waals surface area contributed by atoms with Gasteiger partial charge in [-0.1, -0.05) is 17.7 Å². The Bertz CT molecular complexity index is 757. The maximum absolute atomic E-state index is 12.2. The molecule has 2 aromatic rings. The van der Waals surface area contributed by atoms with Crippen LogP contribution in [0.3, 0.4) is 0 Å². The largest absolute Gasteiger partial charge is 0.495 e. The van der Waals surface area contributed by atoms with Crippen LogP contribution in [0.15, 0.2) is 42.7 Å². The first kappa shape index (κ1) is 18.6. The lowest BCUT2D eigenvalue weighted by Gasteiger charge is -2.36. The van der Waals surface area contributed by atoms with E-state index in [1.54, 1.807) is 25.4 Å². The van der Waals surface area contributed by atoms with Crippen molar-refractivity contribution in [2.75, 3.05) is 20.2 Å². The van der Waals surface area contributed by atoms with Crippen LogP contribution in [0.2, 0.25) is 5.02 Å². The van der Waals surface area contributed by atoms with Gasteiger partial charge in [-0.3, -0.25) is 14.7 Å². The van der Waals surface area contributed by atoms with E-state index in [2.05, 4.69) is 15.2 Å². The molecule has 0 spiro atoms. The van der Waals surface area contributed by atoms with E-state index >= 15 is 0 Å². The number of β-amino-alcohol motifs (C(OH)–C–C–N with tert-alkyl or cyclic N) is 1. The van der Waals surface area contributed by atoms with Gasteiger partial charge in [-0.15, -0.1) is 0 Å². The van der Waals surface area contributed by atoms with Crippen molar-refractivity contribution in [3.63, 3.8) is 0 Å². The van der Waals surface area contributed by atoms with Crippen LogP contribution < -0.4 is 10.1 Å². The second-order valence-electron chi connectivity index (χ2n) is 6.38. The number of hydrogen-bond donors (Lipinski definition) is 2. The Kier molecular flexibility index (Phi) is 6.08. The second kappa shape index (κ2) is 8.49. The van der Waals surface area contributed by atoms with E-state index in [0.717, 1.165) is 12.1 Å². The van der Waals surface area contributed by atoms with Crippen LogP contribution in [-0.4, -0.2) is 53.2 Å². The third-order valence-corrected chi connectivity index (χ3v) is 4.82. The number of aromatic nitrogens is 1. The minimum absolute atomic E-state index is 0.211. The minimum atomic E-state index is -0.627. The number of amides is 1. The molecule has 2 heterocycles. The van der Waals surface area contributed by atoms with E-state index < -0.39 is 6.10 Å². The van der Waals surface area contributed by atoms with Gasteiger partial charge in [0.25, 0.3) is 5.91 Å². The van der Waals surface area contributed by atoms with Gasteiger partial charge in [0.1, 0.15) is 5.75 Å². The van der Waals surface area contributed by atoms with Gasteiger partial charge >= 0.3 is 0 Å². The molecular formula is C19H22ClN3O3. The molecule has 1 fully saturated rings. The zero-order valence-corrected chi connectivity index (χ0v) is 15.3. The molecule has 1 aliphatic rings. The van der Waals surface area contributed by atoms with E-state index in [9.17, 15) is 9.90 Å². The van der Waals surface area contributed by atoms with Crippen molar-refractivity contribution in [1.82, 2.24) is 15.2 Å². The average molecular weight is 376 g/mol. The molecule has 1 saturated heterocycles. The number of rotatable bonds is 5. The van der Waals surface area contributed by atoms with Crippen molar-refractivity contribution < 1.29 is 14.6 Å². The van der Waals surface area contributed by atoms with Crippen LogP contribution in [-0.2, 0) is 6.54 Å². The Hall–Kier alpha value is -2.15. The number of carbonyl (C=O) groups is 1. The number of methoxy groups -OCH3 is 1. The smallest absolute Gasteiger partial charge is 0.253 e. The highest BCUT2D eigenvalue weighted by molar-refractivity contribution is 6.32. The Balaban J connectivity index is 1.55. The molecule has 6 nitrogen and oxygen atoms in total. The first-order chi connectivity index (χ1) is 12.6. The van der Waals surface area contributed by atoms with Crippen LogP contribution >= 0.6 is 11.6 Å². The third kappa shape index (κ3) is 4.52. The molecule has 0 unspecified atom stereocenters. The summed E-state index contributed by atoms with van der Waals surface area (Å²) in [6.45, 7) is 1.95. The number of aliphatic hydroxyl groups excluding tert-OH is 1. The Labute approximate surface area is 157 Å². The molecular weight excluding hydrogens is 354 g/mol. The summed E-state index contributed by atoms with van der Waals surface area (Å²) in [6, 6.07) is 8.84. The maximum Gasteiger partial charge on any atom is 0.253 e. The number of benzene rings is 1. The number of pyridine rings is 1. The molecule has 1 aliphatic heterocycles. The summed E-state index contributed by atoms with van der Waals surface area (Å²) in [5, 5.41) is 13.9. The predicted molar refractivity (Wildman–Crippen MR) is 99.4 cm³/mol. The highest BCUT2D eigenvalue weighted by atomic mass is 35.5. The third-order valence-electron chi connectivity index (χ3n) is 4.53. The number of nitrogens with zero attached hydrogens (tertiary/aromatic N) is 2. The quantitative estimate of drug-likeness (QED) is 0.837. The monoisotopic (exact) mass is 375 g/mol. The molecule has 2 N–H and O–H groups in total. The van der Waals surface area contributed by atoms with Gasteiger partial charge in [0.05, 0.1) is 29.8 Å². The van der Waals surface area contributed by atoms with E-state index in [-0.39, 0.29) is 11.9 Å². The van der Waals surface area contributed by atoms with Gasteiger partial charge in [-0.05, 0) is 36.2 Å². The van der Waals surface area contributed by atoms with Crippen molar-refractivity contribution in [3.8, 4) is 5.75 Å². The fraction of sp³-hybridized carbons (Fsp3) is 0.368. The number of likely N-dealkylation sites (tertiary alicyclic amines) is 1. The zero-order chi connectivity index (χ0) is 18.5. The fourth-order valence-electron chi connectivity index (χ4n) is 3.12. The van der Waals surface area contributed by atoms with E-state index in [1.807, 2.05) is 18.2 Å². The molecule has 0 saturated carbocycles. The standard InChI is InChI=1S/C19H22ClN3O3/c1-26-18-5-4-13(9-15(18)20)11-23-8-6-16(17(24)12-23)22-19(25)14-3-2-7-21-10-14/h2-5,7,9-10,16-17,24H,6,8,11-12H2,1H3,(H,22,25)/t16-,17-/m1/s1. The lowest BCUT2D eigenvalue weighted by atomic mass is 10.0. The lowest BCUT2D eigenvalue weighted by molar-refractivity contribution is 0.0349. The molecule has 1 aromatic carbocycles. The average Bonchev–Trinajstić information content (AvgIpc) is 2.65.